The molecule has 3 rings (SSSR count). The smallest absolute Gasteiger partial charge is 0.253 e. The fourth-order valence-electron chi connectivity index (χ4n) is 3.04. The van der Waals surface area contributed by atoms with Crippen LogP contribution >= 0.6 is 0 Å². The van der Waals surface area contributed by atoms with Gasteiger partial charge in [0.1, 0.15) is 6.33 Å². The molecule has 9 nitrogen and oxygen atoms in total. The molecule has 0 atom stereocenters. The van der Waals surface area contributed by atoms with E-state index in [1.165, 1.54) is 6.33 Å². The molecule has 3 aromatic rings. The SMILES string of the molecule is Cc1nc2ncnn2c(C)c1CCC(=O)Nc1ccccc1C(=O)NCCN. The summed E-state index contributed by atoms with van der Waals surface area (Å²) >= 11 is 0. The highest BCUT2D eigenvalue weighted by Gasteiger charge is 2.15. The molecule has 0 spiro atoms. The summed E-state index contributed by atoms with van der Waals surface area (Å²) in [4.78, 5) is 33.2. The Morgan fingerprint density at radius 1 is 1.21 bits per heavy atom. The molecule has 2 amide bonds. The minimum atomic E-state index is -0.270. The second kappa shape index (κ2) is 8.57. The minimum absolute atomic E-state index is 0.184. The van der Waals surface area contributed by atoms with E-state index in [2.05, 4.69) is 25.7 Å². The van der Waals surface area contributed by atoms with Gasteiger partial charge in [-0.3, -0.25) is 9.59 Å². The van der Waals surface area contributed by atoms with Crippen LogP contribution in [0.5, 0.6) is 0 Å². The van der Waals surface area contributed by atoms with E-state index in [-0.39, 0.29) is 18.2 Å². The fraction of sp³-hybridized carbons (Fsp3) is 0.316. The Balaban J connectivity index is 1.70. The average Bonchev–Trinajstić information content (AvgIpc) is 3.15. The fourth-order valence-corrected chi connectivity index (χ4v) is 3.04. The van der Waals surface area contributed by atoms with Gasteiger partial charge in [0.05, 0.1) is 11.3 Å². The van der Waals surface area contributed by atoms with Crippen molar-refractivity contribution in [1.29, 1.82) is 0 Å². The maximum absolute atomic E-state index is 12.5. The normalized spacial score (nSPS) is 10.8. The number of para-hydroxylation sites is 1. The summed E-state index contributed by atoms with van der Waals surface area (Å²) in [7, 11) is 0. The third-order valence-electron chi connectivity index (χ3n) is 4.47. The van der Waals surface area contributed by atoms with Gasteiger partial charge in [-0.1, -0.05) is 12.1 Å². The Hall–Kier alpha value is -3.33. The summed E-state index contributed by atoms with van der Waals surface area (Å²) in [6.07, 6.45) is 2.22. The van der Waals surface area contributed by atoms with Crippen molar-refractivity contribution < 1.29 is 9.59 Å². The maximum Gasteiger partial charge on any atom is 0.253 e. The van der Waals surface area contributed by atoms with Gasteiger partial charge in [-0.25, -0.2) is 9.50 Å². The number of carbonyl (C=O) groups excluding carboxylic acids is 2. The molecule has 1 aromatic carbocycles. The molecule has 28 heavy (non-hydrogen) atoms. The highest BCUT2D eigenvalue weighted by atomic mass is 16.2. The number of benzene rings is 1. The second-order valence-electron chi connectivity index (χ2n) is 6.37. The van der Waals surface area contributed by atoms with Crippen molar-refractivity contribution in [1.82, 2.24) is 24.9 Å². The molecule has 0 aliphatic heterocycles. The highest BCUT2D eigenvalue weighted by molar-refractivity contribution is 6.03. The lowest BCUT2D eigenvalue weighted by Crippen LogP contribution is -2.30. The topological polar surface area (TPSA) is 127 Å². The Morgan fingerprint density at radius 2 is 2.00 bits per heavy atom. The minimum Gasteiger partial charge on any atom is -0.351 e. The first-order chi connectivity index (χ1) is 13.5. The van der Waals surface area contributed by atoms with Gasteiger partial charge in [-0.05, 0) is 38.0 Å². The molecule has 0 bridgehead atoms. The first-order valence-corrected chi connectivity index (χ1v) is 9.04. The van der Waals surface area contributed by atoms with Gasteiger partial charge in [0, 0.05) is 30.9 Å². The van der Waals surface area contributed by atoms with E-state index in [4.69, 9.17) is 5.73 Å². The number of fused-ring (bicyclic) bond motifs is 1. The third-order valence-corrected chi connectivity index (χ3v) is 4.47. The van der Waals surface area contributed by atoms with Crippen molar-refractivity contribution in [3.05, 3.63) is 53.1 Å². The number of nitrogens with one attached hydrogen (secondary N) is 2. The van der Waals surface area contributed by atoms with E-state index < -0.39 is 0 Å². The number of anilines is 1. The Morgan fingerprint density at radius 3 is 2.79 bits per heavy atom. The summed E-state index contributed by atoms with van der Waals surface area (Å²) < 4.78 is 1.66. The number of carbonyl (C=O) groups is 2. The lowest BCUT2D eigenvalue weighted by molar-refractivity contribution is -0.116. The molecule has 2 heterocycles. The Kier molecular flexibility index (Phi) is 5.95. The molecular weight excluding hydrogens is 358 g/mol. The van der Waals surface area contributed by atoms with Crippen molar-refractivity contribution in [2.24, 2.45) is 5.73 Å². The first kappa shape index (κ1) is 19.4. The van der Waals surface area contributed by atoms with Crippen molar-refractivity contribution in [3.8, 4) is 0 Å². The van der Waals surface area contributed by atoms with Gasteiger partial charge in [0.15, 0.2) is 0 Å². The van der Waals surface area contributed by atoms with Crippen LogP contribution in [0.3, 0.4) is 0 Å². The van der Waals surface area contributed by atoms with Crippen LogP contribution in [0.2, 0.25) is 0 Å². The lowest BCUT2D eigenvalue weighted by atomic mass is 10.1. The van der Waals surface area contributed by atoms with Gasteiger partial charge >= 0.3 is 0 Å². The van der Waals surface area contributed by atoms with Gasteiger partial charge in [0.2, 0.25) is 5.91 Å². The van der Waals surface area contributed by atoms with E-state index in [9.17, 15) is 9.59 Å². The van der Waals surface area contributed by atoms with E-state index >= 15 is 0 Å². The predicted molar refractivity (Wildman–Crippen MR) is 105 cm³/mol. The van der Waals surface area contributed by atoms with Crippen LogP contribution in [0.4, 0.5) is 5.69 Å². The zero-order chi connectivity index (χ0) is 20.1. The van der Waals surface area contributed by atoms with Crippen LogP contribution in [-0.2, 0) is 11.2 Å². The first-order valence-electron chi connectivity index (χ1n) is 9.04. The molecule has 0 radical (unpaired) electrons. The molecule has 0 saturated heterocycles. The number of nitrogens with two attached hydrogens (primary N) is 1. The number of amides is 2. The molecule has 146 valence electrons. The number of hydrogen-bond donors (Lipinski definition) is 3. The van der Waals surface area contributed by atoms with E-state index in [1.54, 1.807) is 28.8 Å². The molecule has 9 heteroatoms. The van der Waals surface area contributed by atoms with Crippen LogP contribution in [0.1, 0.15) is 33.7 Å². The zero-order valence-electron chi connectivity index (χ0n) is 15.9. The molecule has 0 unspecified atom stereocenters. The van der Waals surface area contributed by atoms with Gasteiger partial charge < -0.3 is 16.4 Å². The van der Waals surface area contributed by atoms with Crippen LogP contribution < -0.4 is 16.4 Å². The number of hydrogen-bond acceptors (Lipinski definition) is 6. The largest absolute Gasteiger partial charge is 0.351 e. The summed E-state index contributed by atoms with van der Waals surface area (Å²) in [6, 6.07) is 6.89. The van der Waals surface area contributed by atoms with Gasteiger partial charge in [-0.15, -0.1) is 0 Å². The monoisotopic (exact) mass is 381 g/mol. The van der Waals surface area contributed by atoms with Crippen LogP contribution in [0.15, 0.2) is 30.6 Å². The van der Waals surface area contributed by atoms with Crippen LogP contribution in [-0.4, -0.2) is 44.5 Å². The summed E-state index contributed by atoms with van der Waals surface area (Å²) in [5, 5.41) is 9.69. The second-order valence-corrected chi connectivity index (χ2v) is 6.37. The van der Waals surface area contributed by atoms with E-state index in [0.29, 0.717) is 36.5 Å². The number of aromatic nitrogens is 4. The molecular formula is C19H23N7O2. The molecule has 0 aliphatic rings. The zero-order valence-corrected chi connectivity index (χ0v) is 15.9. The molecule has 0 fully saturated rings. The Bertz CT molecular complexity index is 1010. The quantitative estimate of drug-likeness (QED) is 0.560. The predicted octanol–water partition coefficient (Wildman–Crippen LogP) is 1.00. The third kappa shape index (κ3) is 4.15. The molecule has 2 aromatic heterocycles. The number of rotatable bonds is 7. The van der Waals surface area contributed by atoms with Crippen molar-refractivity contribution in [2.45, 2.75) is 26.7 Å². The highest BCUT2D eigenvalue weighted by Crippen LogP contribution is 2.18. The van der Waals surface area contributed by atoms with Crippen molar-refractivity contribution in [3.63, 3.8) is 0 Å². The van der Waals surface area contributed by atoms with Crippen molar-refractivity contribution >= 4 is 23.3 Å². The van der Waals surface area contributed by atoms with Gasteiger partial charge in [0.25, 0.3) is 11.7 Å². The molecule has 4 N–H and O–H groups in total. The van der Waals surface area contributed by atoms with Gasteiger partial charge in [-0.2, -0.15) is 10.1 Å². The van der Waals surface area contributed by atoms with E-state index in [1.807, 2.05) is 13.8 Å². The lowest BCUT2D eigenvalue weighted by Gasteiger charge is -2.12. The Labute approximate surface area is 162 Å². The summed E-state index contributed by atoms with van der Waals surface area (Å²) in [6.45, 7) is 4.55. The van der Waals surface area contributed by atoms with Crippen LogP contribution in [0.25, 0.3) is 5.78 Å². The van der Waals surface area contributed by atoms with Crippen LogP contribution in [0, 0.1) is 13.8 Å². The number of nitrogens with zero attached hydrogens (tertiary/aromatic N) is 4. The molecule has 0 aliphatic carbocycles. The standard InChI is InChI=1S/C19H23N7O2/c1-12-14(13(2)26-19(24-12)22-11-23-26)7-8-17(27)25-16-6-4-3-5-15(16)18(28)21-10-9-20/h3-6,11H,7-10,20H2,1-2H3,(H,21,28)(H,25,27). The summed E-state index contributed by atoms with van der Waals surface area (Å²) in [5.41, 5.74) is 9.00. The maximum atomic E-state index is 12.5. The summed E-state index contributed by atoms with van der Waals surface area (Å²) in [5.74, 6) is 0.0889. The average molecular weight is 381 g/mol. The molecule has 0 saturated carbocycles. The van der Waals surface area contributed by atoms with E-state index in [0.717, 1.165) is 17.0 Å². The van der Waals surface area contributed by atoms with Crippen molar-refractivity contribution in [2.75, 3.05) is 18.4 Å². The number of aryl methyl sites for hydroxylation is 2.